The summed E-state index contributed by atoms with van der Waals surface area (Å²) in [6.07, 6.45) is 0. The molecule has 76 valence electrons. The Bertz CT molecular complexity index is 228. The van der Waals surface area contributed by atoms with Crippen LogP contribution in [0.25, 0.3) is 0 Å². The van der Waals surface area contributed by atoms with Crippen molar-refractivity contribution in [2.45, 2.75) is 32.7 Å². The zero-order chi connectivity index (χ0) is 10.6. The first-order valence-electron chi connectivity index (χ1n) is 3.97. The summed E-state index contributed by atoms with van der Waals surface area (Å²) in [6.45, 7) is 5.17. The van der Waals surface area contributed by atoms with Crippen molar-refractivity contribution in [3.8, 4) is 0 Å². The highest BCUT2D eigenvalue weighted by Crippen LogP contribution is 2.21. The number of aliphatic imine (C=N–C) groups is 1. The van der Waals surface area contributed by atoms with Gasteiger partial charge >= 0.3 is 12.0 Å². The van der Waals surface area contributed by atoms with E-state index in [4.69, 9.17) is 5.73 Å². The molecule has 0 aliphatic carbocycles. The molecule has 0 radical (unpaired) electrons. The van der Waals surface area contributed by atoms with E-state index in [1.807, 2.05) is 19.2 Å². The Morgan fingerprint density at radius 3 is 2.38 bits per heavy atom. The van der Waals surface area contributed by atoms with Crippen LogP contribution in [0.4, 0.5) is 13.6 Å². The van der Waals surface area contributed by atoms with Gasteiger partial charge in [-0.2, -0.15) is 13.8 Å². The number of nitrogens with one attached hydrogen (secondary N) is 1. The lowest BCUT2D eigenvalue weighted by Crippen LogP contribution is -2.56. The van der Waals surface area contributed by atoms with Gasteiger partial charge in [-0.05, 0) is 6.92 Å². The molecule has 1 aliphatic heterocycles. The van der Waals surface area contributed by atoms with Crippen LogP contribution in [0, 0.1) is 0 Å². The second-order valence-corrected chi connectivity index (χ2v) is 2.29. The number of nitrogens with two attached hydrogens (primary N) is 1. The van der Waals surface area contributed by atoms with Gasteiger partial charge in [0, 0.05) is 0 Å². The molecule has 4 nitrogen and oxygen atoms in total. The van der Waals surface area contributed by atoms with Crippen LogP contribution in [0.1, 0.15) is 20.8 Å². The van der Waals surface area contributed by atoms with Gasteiger partial charge in [-0.1, -0.05) is 13.8 Å². The van der Waals surface area contributed by atoms with Crippen molar-refractivity contribution in [1.82, 2.24) is 5.32 Å². The highest BCUT2D eigenvalue weighted by molar-refractivity contribution is 6.00. The van der Waals surface area contributed by atoms with E-state index in [1.54, 1.807) is 0 Å². The standard InChI is InChI=1S/C5H7F2N3O.C2H6/c1-2-5(6,7)3(8)10-4(11)9-2;1-2/h2H,1H3,(H3,8,9,10,11);1-2H3. The van der Waals surface area contributed by atoms with Crippen LogP contribution in [0.2, 0.25) is 0 Å². The number of carbonyl (C=O) groups excluding carboxylic acids is 1. The summed E-state index contributed by atoms with van der Waals surface area (Å²) in [4.78, 5) is 13.3. The third kappa shape index (κ3) is 2.37. The molecular formula is C7H13F2N3O. The number of amidine groups is 1. The van der Waals surface area contributed by atoms with Crippen LogP contribution in [0.15, 0.2) is 4.99 Å². The topological polar surface area (TPSA) is 67.5 Å². The molecule has 6 heteroatoms. The number of carbonyl (C=O) groups is 1. The highest BCUT2D eigenvalue weighted by Gasteiger charge is 2.45. The Labute approximate surface area is 75.2 Å². The number of halogens is 2. The van der Waals surface area contributed by atoms with E-state index in [9.17, 15) is 13.6 Å². The van der Waals surface area contributed by atoms with Gasteiger partial charge in [-0.25, -0.2) is 4.79 Å². The molecular weight excluding hydrogens is 180 g/mol. The molecule has 0 saturated heterocycles. The molecule has 0 aromatic carbocycles. The first-order chi connectivity index (χ1) is 5.94. The van der Waals surface area contributed by atoms with Crippen molar-refractivity contribution in [2.75, 3.05) is 0 Å². The first-order valence-corrected chi connectivity index (χ1v) is 3.97. The summed E-state index contributed by atoms with van der Waals surface area (Å²) < 4.78 is 25.4. The average molecular weight is 193 g/mol. The average Bonchev–Trinajstić information content (AvgIpc) is 2.05. The number of urea groups is 1. The fourth-order valence-corrected chi connectivity index (χ4v) is 0.714. The molecule has 1 heterocycles. The number of hydrogen-bond acceptors (Lipinski definition) is 2. The molecule has 0 bridgehead atoms. The summed E-state index contributed by atoms with van der Waals surface area (Å²) in [5.41, 5.74) is 4.83. The van der Waals surface area contributed by atoms with Gasteiger partial charge < -0.3 is 11.1 Å². The summed E-state index contributed by atoms with van der Waals surface area (Å²) in [5, 5.41) is 1.94. The van der Waals surface area contributed by atoms with Crippen molar-refractivity contribution in [1.29, 1.82) is 0 Å². The van der Waals surface area contributed by atoms with Crippen LogP contribution >= 0.6 is 0 Å². The van der Waals surface area contributed by atoms with E-state index in [-0.39, 0.29) is 0 Å². The van der Waals surface area contributed by atoms with Crippen molar-refractivity contribution < 1.29 is 13.6 Å². The fourth-order valence-electron chi connectivity index (χ4n) is 0.714. The maximum Gasteiger partial charge on any atom is 0.343 e. The third-order valence-electron chi connectivity index (χ3n) is 1.45. The zero-order valence-corrected chi connectivity index (χ0v) is 7.77. The molecule has 3 N–H and O–H groups in total. The molecule has 1 rings (SSSR count). The number of amides is 2. The smallest absolute Gasteiger partial charge is 0.343 e. The quantitative estimate of drug-likeness (QED) is 0.605. The lowest BCUT2D eigenvalue weighted by atomic mass is 10.1. The summed E-state index contributed by atoms with van der Waals surface area (Å²) in [5.74, 6) is -4.15. The van der Waals surface area contributed by atoms with Gasteiger partial charge in [0.2, 0.25) is 0 Å². The maximum absolute atomic E-state index is 12.7. The van der Waals surface area contributed by atoms with E-state index in [0.29, 0.717) is 0 Å². The Morgan fingerprint density at radius 2 is 2.00 bits per heavy atom. The lowest BCUT2D eigenvalue weighted by Gasteiger charge is -2.26. The first kappa shape index (κ1) is 11.8. The second-order valence-electron chi connectivity index (χ2n) is 2.29. The molecule has 0 aromatic heterocycles. The molecule has 0 aromatic rings. The van der Waals surface area contributed by atoms with E-state index in [1.165, 1.54) is 6.92 Å². The Morgan fingerprint density at radius 1 is 1.54 bits per heavy atom. The van der Waals surface area contributed by atoms with Crippen molar-refractivity contribution in [3.05, 3.63) is 0 Å². The molecule has 13 heavy (non-hydrogen) atoms. The Kier molecular flexibility index (Phi) is 3.77. The number of nitrogens with zero attached hydrogens (tertiary/aromatic N) is 1. The van der Waals surface area contributed by atoms with Gasteiger partial charge in [-0.15, -0.1) is 0 Å². The molecule has 0 fully saturated rings. The van der Waals surface area contributed by atoms with Crippen LogP contribution < -0.4 is 11.1 Å². The van der Waals surface area contributed by atoms with E-state index < -0.39 is 23.8 Å². The molecule has 0 spiro atoms. The monoisotopic (exact) mass is 193 g/mol. The van der Waals surface area contributed by atoms with Crippen LogP contribution in [-0.4, -0.2) is 23.8 Å². The van der Waals surface area contributed by atoms with Gasteiger partial charge in [0.1, 0.15) is 0 Å². The van der Waals surface area contributed by atoms with Crippen LogP contribution in [0.3, 0.4) is 0 Å². The number of hydrogen-bond donors (Lipinski definition) is 2. The summed E-state index contributed by atoms with van der Waals surface area (Å²) in [6, 6.07) is -2.10. The van der Waals surface area contributed by atoms with E-state index in [0.717, 1.165) is 0 Å². The highest BCUT2D eigenvalue weighted by atomic mass is 19.3. The maximum atomic E-state index is 12.7. The largest absolute Gasteiger partial charge is 0.382 e. The van der Waals surface area contributed by atoms with Crippen LogP contribution in [-0.2, 0) is 0 Å². The van der Waals surface area contributed by atoms with Crippen molar-refractivity contribution >= 4 is 11.9 Å². The SMILES string of the molecule is CC.CC1NC(=O)N=C(N)C1(F)F. The van der Waals surface area contributed by atoms with Gasteiger partial charge in [-0.3, -0.25) is 0 Å². The van der Waals surface area contributed by atoms with Gasteiger partial charge in [0.25, 0.3) is 0 Å². The molecule has 1 aliphatic rings. The van der Waals surface area contributed by atoms with Gasteiger partial charge in [0.05, 0.1) is 6.04 Å². The minimum atomic E-state index is -3.23. The van der Waals surface area contributed by atoms with Crippen LogP contribution in [0.5, 0.6) is 0 Å². The van der Waals surface area contributed by atoms with Gasteiger partial charge in [0.15, 0.2) is 5.84 Å². The number of rotatable bonds is 0. The molecule has 2 amide bonds. The molecule has 1 unspecified atom stereocenters. The summed E-state index contributed by atoms with van der Waals surface area (Å²) in [7, 11) is 0. The van der Waals surface area contributed by atoms with E-state index in [2.05, 4.69) is 4.99 Å². The minimum absolute atomic E-state index is 0.819. The zero-order valence-electron chi connectivity index (χ0n) is 7.77. The second kappa shape index (κ2) is 4.15. The molecule has 1 atom stereocenters. The molecule has 0 saturated carbocycles. The fraction of sp³-hybridized carbons (Fsp3) is 0.714. The minimum Gasteiger partial charge on any atom is -0.382 e. The Balaban J connectivity index is 0.000000671. The van der Waals surface area contributed by atoms with E-state index >= 15 is 0 Å². The predicted molar refractivity (Wildman–Crippen MR) is 45.9 cm³/mol. The van der Waals surface area contributed by atoms with Crippen molar-refractivity contribution in [2.24, 2.45) is 10.7 Å². The number of alkyl halides is 2. The summed E-state index contributed by atoms with van der Waals surface area (Å²) >= 11 is 0. The Hall–Kier alpha value is -1.20. The normalized spacial score (nSPS) is 25.2. The lowest BCUT2D eigenvalue weighted by molar-refractivity contribution is 0.0390. The van der Waals surface area contributed by atoms with Crippen molar-refractivity contribution in [3.63, 3.8) is 0 Å². The third-order valence-corrected chi connectivity index (χ3v) is 1.45. The predicted octanol–water partition coefficient (Wildman–Crippen LogP) is 1.12.